The molecule has 3 heterocycles. The molecule has 11 heteroatoms. The number of alkyl halides is 1. The predicted octanol–water partition coefficient (Wildman–Crippen LogP) is 5.70. The van der Waals surface area contributed by atoms with Crippen molar-refractivity contribution in [1.82, 2.24) is 14.8 Å². The van der Waals surface area contributed by atoms with Crippen molar-refractivity contribution in [2.24, 2.45) is 0 Å². The van der Waals surface area contributed by atoms with Crippen LogP contribution in [0.4, 0.5) is 8.78 Å². The lowest BCUT2D eigenvalue weighted by Gasteiger charge is -2.36. The molecule has 1 saturated carbocycles. The van der Waals surface area contributed by atoms with Crippen molar-refractivity contribution < 1.29 is 32.6 Å². The summed E-state index contributed by atoms with van der Waals surface area (Å²) in [5, 5.41) is 0.446. The molecule has 0 radical (unpaired) electrons. The first-order valence-corrected chi connectivity index (χ1v) is 15.0. The number of rotatable bonds is 10. The van der Waals surface area contributed by atoms with Crippen molar-refractivity contribution in [1.29, 1.82) is 0 Å². The van der Waals surface area contributed by atoms with Crippen molar-refractivity contribution in [2.45, 2.75) is 82.6 Å². The second-order valence-corrected chi connectivity index (χ2v) is 12.2. The summed E-state index contributed by atoms with van der Waals surface area (Å²) < 4.78 is 47.5. The monoisotopic (exact) mass is 605 g/mol. The van der Waals surface area contributed by atoms with Gasteiger partial charge in [0.1, 0.15) is 34.9 Å². The zero-order chi connectivity index (χ0) is 30.0. The summed E-state index contributed by atoms with van der Waals surface area (Å²) in [5.41, 5.74) is -0.0218. The quantitative estimate of drug-likeness (QED) is 0.321. The molecule has 1 atom stereocenters. The van der Waals surface area contributed by atoms with Gasteiger partial charge in [0.05, 0.1) is 18.8 Å². The standard InChI is InChI=1S/C31H38ClF2N3O5/c1-19(2)42-28-24(32)13-20(16-35-28)17-36-11-8-31(34,9-12-36)18-41-27-15-25(33)23(14-22(27)21-6-7-21)29(38)37-10-4-5-26(37)30(39)40-3/h13-16,19,21,26H,4-12,17-18H2,1-3H3/t26-/m0/s1. The Morgan fingerprint density at radius 3 is 2.52 bits per heavy atom. The molecule has 0 unspecified atom stereocenters. The van der Waals surface area contributed by atoms with Gasteiger partial charge in [-0.05, 0) is 81.5 Å². The smallest absolute Gasteiger partial charge is 0.328 e. The SMILES string of the molecule is COC(=O)[C@@H]1CCCN1C(=O)c1cc(C2CC2)c(OCC2(F)CCN(Cc3cnc(OC(C)C)c(Cl)c3)CC2)cc1F. The molecule has 3 aliphatic rings. The maximum Gasteiger partial charge on any atom is 0.328 e. The number of amides is 1. The summed E-state index contributed by atoms with van der Waals surface area (Å²) in [4.78, 5) is 33.2. The van der Waals surface area contributed by atoms with Gasteiger partial charge in [0, 0.05) is 38.4 Å². The molecule has 228 valence electrons. The number of nitrogens with zero attached hydrogens (tertiary/aromatic N) is 3. The number of pyridine rings is 1. The van der Waals surface area contributed by atoms with Crippen LogP contribution in [0, 0.1) is 5.82 Å². The lowest BCUT2D eigenvalue weighted by molar-refractivity contribution is -0.145. The fraction of sp³-hybridized carbons (Fsp3) is 0.581. The van der Waals surface area contributed by atoms with E-state index in [2.05, 4.69) is 9.88 Å². The van der Waals surface area contributed by atoms with Gasteiger partial charge in [0.25, 0.3) is 5.91 Å². The Morgan fingerprint density at radius 1 is 1.14 bits per heavy atom. The molecular formula is C31H38ClF2N3O5. The van der Waals surface area contributed by atoms with Crippen molar-refractivity contribution in [3.63, 3.8) is 0 Å². The van der Waals surface area contributed by atoms with Crippen molar-refractivity contribution >= 4 is 23.5 Å². The van der Waals surface area contributed by atoms with Crippen LogP contribution in [0.3, 0.4) is 0 Å². The number of piperidine rings is 1. The molecule has 1 aromatic heterocycles. The van der Waals surface area contributed by atoms with Crippen molar-refractivity contribution in [3.05, 3.63) is 51.9 Å². The van der Waals surface area contributed by atoms with Crippen LogP contribution in [0.5, 0.6) is 11.6 Å². The Bertz CT molecular complexity index is 1310. The van der Waals surface area contributed by atoms with Gasteiger partial charge in [-0.1, -0.05) is 11.6 Å². The van der Waals surface area contributed by atoms with Crippen LogP contribution in [0.1, 0.15) is 79.8 Å². The minimum Gasteiger partial charge on any atom is -0.490 e. The van der Waals surface area contributed by atoms with E-state index in [-0.39, 0.29) is 42.8 Å². The molecule has 2 aromatic rings. The molecule has 0 bridgehead atoms. The minimum atomic E-state index is -1.56. The van der Waals surface area contributed by atoms with Gasteiger partial charge in [0.2, 0.25) is 5.88 Å². The van der Waals surface area contributed by atoms with E-state index < -0.39 is 29.4 Å². The molecule has 2 aliphatic heterocycles. The van der Waals surface area contributed by atoms with Crippen molar-refractivity contribution in [2.75, 3.05) is 33.4 Å². The van der Waals surface area contributed by atoms with E-state index in [4.69, 9.17) is 25.8 Å². The molecule has 2 saturated heterocycles. The Balaban J connectivity index is 1.20. The molecule has 8 nitrogen and oxygen atoms in total. The maximum atomic E-state index is 15.8. The third kappa shape index (κ3) is 6.97. The summed E-state index contributed by atoms with van der Waals surface area (Å²) in [6.07, 6.45) is 5.14. The Morgan fingerprint density at radius 2 is 1.88 bits per heavy atom. The Labute approximate surface area is 250 Å². The van der Waals surface area contributed by atoms with Crippen molar-refractivity contribution in [3.8, 4) is 11.6 Å². The Kier molecular flexibility index (Phi) is 9.23. The first-order valence-electron chi connectivity index (χ1n) is 14.6. The predicted molar refractivity (Wildman–Crippen MR) is 153 cm³/mol. The molecule has 1 aromatic carbocycles. The number of hydrogen-bond acceptors (Lipinski definition) is 7. The number of benzene rings is 1. The summed E-state index contributed by atoms with van der Waals surface area (Å²) in [5.74, 6) is -0.970. The lowest BCUT2D eigenvalue weighted by atomic mass is 9.94. The Hall–Kier alpha value is -2.98. The summed E-state index contributed by atoms with van der Waals surface area (Å²) in [6.45, 7) is 5.61. The first kappa shape index (κ1) is 30.5. The third-order valence-electron chi connectivity index (χ3n) is 8.19. The number of likely N-dealkylation sites (tertiary alicyclic amines) is 2. The van der Waals surface area contributed by atoms with Crippen LogP contribution in [0.2, 0.25) is 5.02 Å². The molecule has 0 spiro atoms. The van der Waals surface area contributed by atoms with Crippen LogP contribution in [-0.2, 0) is 16.1 Å². The molecule has 1 amide bonds. The number of ether oxygens (including phenoxy) is 3. The summed E-state index contributed by atoms with van der Waals surface area (Å²) >= 11 is 6.32. The van der Waals surface area contributed by atoms with E-state index >= 15 is 8.78 Å². The number of esters is 1. The first-order chi connectivity index (χ1) is 20.1. The molecule has 0 N–H and O–H groups in total. The van der Waals surface area contributed by atoms with Crippen LogP contribution < -0.4 is 9.47 Å². The molecule has 1 aliphatic carbocycles. The molecular weight excluding hydrogens is 568 g/mol. The van der Waals surface area contributed by atoms with E-state index in [9.17, 15) is 9.59 Å². The number of carbonyl (C=O) groups excluding carboxylic acids is 2. The van der Waals surface area contributed by atoms with E-state index in [1.165, 1.54) is 24.1 Å². The summed E-state index contributed by atoms with van der Waals surface area (Å²) in [6, 6.07) is 3.84. The fourth-order valence-corrected chi connectivity index (χ4v) is 5.94. The van der Waals surface area contributed by atoms with Crippen LogP contribution in [0.15, 0.2) is 24.4 Å². The van der Waals surface area contributed by atoms with Crippen LogP contribution >= 0.6 is 11.6 Å². The topological polar surface area (TPSA) is 81.2 Å². The van der Waals surface area contributed by atoms with Gasteiger partial charge in [0.15, 0.2) is 0 Å². The maximum absolute atomic E-state index is 15.8. The average Bonchev–Trinajstić information content (AvgIpc) is 3.69. The van der Waals surface area contributed by atoms with Crippen LogP contribution in [0.25, 0.3) is 0 Å². The van der Waals surface area contributed by atoms with E-state index in [1.54, 1.807) is 6.20 Å². The van der Waals surface area contributed by atoms with Gasteiger partial charge < -0.3 is 19.1 Å². The van der Waals surface area contributed by atoms with Gasteiger partial charge in [-0.15, -0.1) is 0 Å². The fourth-order valence-electron chi connectivity index (χ4n) is 5.70. The number of carbonyl (C=O) groups is 2. The molecule has 3 fully saturated rings. The summed E-state index contributed by atoms with van der Waals surface area (Å²) in [7, 11) is 1.28. The number of hydrogen-bond donors (Lipinski definition) is 0. The van der Waals surface area contributed by atoms with Gasteiger partial charge in [-0.2, -0.15) is 0 Å². The number of aromatic nitrogens is 1. The zero-order valence-corrected chi connectivity index (χ0v) is 25.1. The van der Waals surface area contributed by atoms with Gasteiger partial charge in [-0.25, -0.2) is 18.6 Å². The number of methoxy groups -OCH3 is 1. The highest BCUT2D eigenvalue weighted by Gasteiger charge is 2.39. The van der Waals surface area contributed by atoms with E-state index in [0.29, 0.717) is 55.5 Å². The van der Waals surface area contributed by atoms with Crippen LogP contribution in [-0.4, -0.2) is 77.8 Å². The molecule has 5 rings (SSSR count). The minimum absolute atomic E-state index is 0.0316. The highest BCUT2D eigenvalue weighted by molar-refractivity contribution is 6.31. The number of halogens is 3. The second kappa shape index (κ2) is 12.7. The van der Waals surface area contributed by atoms with Gasteiger partial charge >= 0.3 is 5.97 Å². The largest absolute Gasteiger partial charge is 0.490 e. The zero-order valence-electron chi connectivity index (χ0n) is 24.3. The third-order valence-corrected chi connectivity index (χ3v) is 8.46. The highest BCUT2D eigenvalue weighted by atomic mass is 35.5. The normalized spacial score (nSPS) is 20.5. The molecule has 42 heavy (non-hydrogen) atoms. The average molecular weight is 606 g/mol. The van der Waals surface area contributed by atoms with E-state index in [1.807, 2.05) is 19.9 Å². The second-order valence-electron chi connectivity index (χ2n) is 11.8. The van der Waals surface area contributed by atoms with Gasteiger partial charge in [-0.3, -0.25) is 9.69 Å². The lowest BCUT2D eigenvalue weighted by Crippen LogP contribution is -2.44. The highest BCUT2D eigenvalue weighted by Crippen LogP contribution is 2.46. The van der Waals surface area contributed by atoms with E-state index in [0.717, 1.165) is 18.4 Å².